The van der Waals surface area contributed by atoms with E-state index in [2.05, 4.69) is 46.6 Å². The van der Waals surface area contributed by atoms with Gasteiger partial charge < -0.3 is 10.1 Å². The summed E-state index contributed by atoms with van der Waals surface area (Å²) in [7, 11) is 1.67. The van der Waals surface area contributed by atoms with Gasteiger partial charge in [0.15, 0.2) is 0 Å². The van der Waals surface area contributed by atoms with Gasteiger partial charge in [-0.15, -0.1) is 11.3 Å². The lowest BCUT2D eigenvalue weighted by molar-refractivity contribution is 0.415. The van der Waals surface area contributed by atoms with Gasteiger partial charge >= 0.3 is 0 Å². The summed E-state index contributed by atoms with van der Waals surface area (Å²) < 4.78 is 5.22. The maximum absolute atomic E-state index is 5.22. The Morgan fingerprint density at radius 1 is 1.14 bits per heavy atom. The van der Waals surface area contributed by atoms with E-state index in [0.29, 0.717) is 6.04 Å². The lowest BCUT2D eigenvalue weighted by atomic mass is 10.1. The molecule has 21 heavy (non-hydrogen) atoms. The van der Waals surface area contributed by atoms with Crippen molar-refractivity contribution in [3.8, 4) is 16.9 Å². The quantitative estimate of drug-likeness (QED) is 0.785. The smallest absolute Gasteiger partial charge is 0.139 e. The Labute approximate surface area is 127 Å². The zero-order valence-corrected chi connectivity index (χ0v) is 13.1. The van der Waals surface area contributed by atoms with Crippen molar-refractivity contribution in [1.82, 2.24) is 9.97 Å². The molecule has 4 nitrogen and oxygen atoms in total. The summed E-state index contributed by atoms with van der Waals surface area (Å²) in [6.07, 6.45) is 1.61. The summed E-state index contributed by atoms with van der Waals surface area (Å²) in [6, 6.07) is 8.39. The standard InChI is InChI=1S/C16H17N3OS/c1-10(2)19-15-14-13(8-21-16(14)18-9-17-15)11-4-6-12(20-3)7-5-11/h4-10H,1-3H3,(H,17,18,19). The van der Waals surface area contributed by atoms with Crippen LogP contribution in [0.3, 0.4) is 0 Å². The maximum Gasteiger partial charge on any atom is 0.139 e. The number of hydrogen-bond acceptors (Lipinski definition) is 5. The molecule has 0 aliphatic heterocycles. The number of ether oxygens (including phenoxy) is 1. The van der Waals surface area contributed by atoms with Crippen molar-refractivity contribution in [3.05, 3.63) is 36.0 Å². The molecule has 0 aliphatic carbocycles. The minimum Gasteiger partial charge on any atom is -0.497 e. The van der Waals surface area contributed by atoms with Gasteiger partial charge in [-0.25, -0.2) is 9.97 Å². The van der Waals surface area contributed by atoms with Gasteiger partial charge in [0.25, 0.3) is 0 Å². The van der Waals surface area contributed by atoms with Crippen molar-refractivity contribution in [2.45, 2.75) is 19.9 Å². The molecule has 1 aromatic carbocycles. The second-order valence-electron chi connectivity index (χ2n) is 5.08. The van der Waals surface area contributed by atoms with Crippen LogP contribution in [0, 0.1) is 0 Å². The number of benzene rings is 1. The van der Waals surface area contributed by atoms with Crippen molar-refractivity contribution in [1.29, 1.82) is 0 Å². The van der Waals surface area contributed by atoms with Crippen molar-refractivity contribution in [2.75, 3.05) is 12.4 Å². The summed E-state index contributed by atoms with van der Waals surface area (Å²) in [4.78, 5) is 9.77. The van der Waals surface area contributed by atoms with Crippen molar-refractivity contribution in [3.63, 3.8) is 0 Å². The fourth-order valence-corrected chi connectivity index (χ4v) is 3.16. The van der Waals surface area contributed by atoms with Crippen LogP contribution in [-0.2, 0) is 0 Å². The zero-order chi connectivity index (χ0) is 14.8. The van der Waals surface area contributed by atoms with Crippen molar-refractivity contribution >= 4 is 27.4 Å². The number of thiophene rings is 1. The average Bonchev–Trinajstić information content (AvgIpc) is 2.92. The van der Waals surface area contributed by atoms with Crippen LogP contribution in [-0.4, -0.2) is 23.1 Å². The lowest BCUT2D eigenvalue weighted by Gasteiger charge is -2.11. The first-order chi connectivity index (χ1) is 10.2. The van der Waals surface area contributed by atoms with Gasteiger partial charge in [0.05, 0.1) is 12.5 Å². The molecule has 5 heteroatoms. The van der Waals surface area contributed by atoms with Gasteiger partial charge in [-0.2, -0.15) is 0 Å². The molecule has 0 saturated heterocycles. The van der Waals surface area contributed by atoms with Crippen LogP contribution in [0.2, 0.25) is 0 Å². The minimum absolute atomic E-state index is 0.326. The molecule has 2 heterocycles. The predicted molar refractivity (Wildman–Crippen MR) is 88.2 cm³/mol. The fourth-order valence-electron chi connectivity index (χ4n) is 2.24. The second-order valence-corrected chi connectivity index (χ2v) is 5.94. The number of hydrogen-bond donors (Lipinski definition) is 1. The van der Waals surface area contributed by atoms with Crippen LogP contribution >= 0.6 is 11.3 Å². The SMILES string of the molecule is COc1ccc(-c2csc3ncnc(NC(C)C)c23)cc1. The predicted octanol–water partition coefficient (Wildman–Crippen LogP) is 4.19. The molecule has 108 valence electrons. The van der Waals surface area contributed by atoms with E-state index in [4.69, 9.17) is 4.74 Å². The van der Waals surface area contributed by atoms with E-state index >= 15 is 0 Å². The van der Waals surface area contributed by atoms with Gasteiger partial charge in [-0.1, -0.05) is 12.1 Å². The number of aromatic nitrogens is 2. The van der Waals surface area contributed by atoms with Gasteiger partial charge in [0.1, 0.15) is 22.7 Å². The largest absolute Gasteiger partial charge is 0.497 e. The third kappa shape index (κ3) is 2.69. The number of anilines is 1. The Bertz CT molecular complexity index is 750. The van der Waals surface area contributed by atoms with Gasteiger partial charge in [-0.3, -0.25) is 0 Å². The Morgan fingerprint density at radius 2 is 1.90 bits per heavy atom. The normalized spacial score (nSPS) is 11.0. The van der Waals surface area contributed by atoms with E-state index < -0.39 is 0 Å². The topological polar surface area (TPSA) is 47.0 Å². The molecule has 3 aromatic rings. The van der Waals surface area contributed by atoms with Crippen LogP contribution < -0.4 is 10.1 Å². The molecule has 0 aliphatic rings. The van der Waals surface area contributed by atoms with E-state index in [1.807, 2.05) is 12.1 Å². The molecule has 0 amide bonds. The van der Waals surface area contributed by atoms with Crippen LogP contribution in [0.5, 0.6) is 5.75 Å². The summed E-state index contributed by atoms with van der Waals surface area (Å²) in [6.45, 7) is 4.21. The summed E-state index contributed by atoms with van der Waals surface area (Å²) in [5.41, 5.74) is 2.30. The Kier molecular flexibility index (Phi) is 3.75. The maximum atomic E-state index is 5.22. The molecule has 2 aromatic heterocycles. The monoisotopic (exact) mass is 299 g/mol. The molecule has 0 atom stereocenters. The number of nitrogens with zero attached hydrogens (tertiary/aromatic N) is 2. The number of nitrogens with one attached hydrogen (secondary N) is 1. The number of rotatable bonds is 4. The summed E-state index contributed by atoms with van der Waals surface area (Å²) in [5, 5.41) is 6.61. The van der Waals surface area contributed by atoms with E-state index in [-0.39, 0.29) is 0 Å². The van der Waals surface area contributed by atoms with Crippen LogP contribution in [0.4, 0.5) is 5.82 Å². The Balaban J connectivity index is 2.13. The average molecular weight is 299 g/mol. The third-order valence-corrected chi connectivity index (χ3v) is 4.08. The Hall–Kier alpha value is -2.14. The van der Waals surface area contributed by atoms with E-state index in [1.54, 1.807) is 24.8 Å². The highest BCUT2D eigenvalue weighted by molar-refractivity contribution is 7.17. The first-order valence-corrected chi connectivity index (χ1v) is 7.70. The molecule has 3 rings (SSSR count). The minimum atomic E-state index is 0.326. The molecule has 0 bridgehead atoms. The van der Waals surface area contributed by atoms with Crippen molar-refractivity contribution in [2.24, 2.45) is 0 Å². The molecular formula is C16H17N3OS. The molecule has 0 spiro atoms. The van der Waals surface area contributed by atoms with E-state index in [9.17, 15) is 0 Å². The molecule has 0 saturated carbocycles. The highest BCUT2D eigenvalue weighted by Crippen LogP contribution is 2.37. The molecule has 0 fully saturated rings. The van der Waals surface area contributed by atoms with Gasteiger partial charge in [0, 0.05) is 17.0 Å². The molecule has 0 unspecified atom stereocenters. The first-order valence-electron chi connectivity index (χ1n) is 6.82. The zero-order valence-electron chi connectivity index (χ0n) is 12.3. The second kappa shape index (κ2) is 5.69. The van der Waals surface area contributed by atoms with Crippen LogP contribution in [0.25, 0.3) is 21.3 Å². The van der Waals surface area contributed by atoms with E-state index in [1.165, 1.54) is 0 Å². The Morgan fingerprint density at radius 3 is 2.57 bits per heavy atom. The molecule has 1 N–H and O–H groups in total. The highest BCUT2D eigenvalue weighted by atomic mass is 32.1. The van der Waals surface area contributed by atoms with Gasteiger partial charge in [-0.05, 0) is 31.5 Å². The van der Waals surface area contributed by atoms with Crippen molar-refractivity contribution < 1.29 is 4.74 Å². The molecular weight excluding hydrogens is 282 g/mol. The van der Waals surface area contributed by atoms with Crippen LogP contribution in [0.1, 0.15) is 13.8 Å². The van der Waals surface area contributed by atoms with Crippen LogP contribution in [0.15, 0.2) is 36.0 Å². The number of methoxy groups -OCH3 is 1. The summed E-state index contributed by atoms with van der Waals surface area (Å²) in [5.74, 6) is 1.75. The fraction of sp³-hybridized carbons (Fsp3) is 0.250. The molecule has 0 radical (unpaired) electrons. The first kappa shape index (κ1) is 13.8. The van der Waals surface area contributed by atoms with E-state index in [0.717, 1.165) is 32.9 Å². The summed E-state index contributed by atoms with van der Waals surface area (Å²) >= 11 is 1.64. The van der Waals surface area contributed by atoms with Gasteiger partial charge in [0.2, 0.25) is 0 Å². The third-order valence-electron chi connectivity index (χ3n) is 3.20. The lowest BCUT2D eigenvalue weighted by Crippen LogP contribution is -2.11. The highest BCUT2D eigenvalue weighted by Gasteiger charge is 2.13. The number of fused-ring (bicyclic) bond motifs is 1.